The third-order valence-corrected chi connectivity index (χ3v) is 6.87. The fourth-order valence-electron chi connectivity index (χ4n) is 4.35. The molecule has 7 heteroatoms. The maximum Gasteiger partial charge on any atom is 0.433 e. The number of benzene rings is 2. The summed E-state index contributed by atoms with van der Waals surface area (Å²) in [7, 11) is 0. The van der Waals surface area contributed by atoms with E-state index in [1.54, 1.807) is 17.6 Å². The van der Waals surface area contributed by atoms with Gasteiger partial charge in [0.1, 0.15) is 22.4 Å². The first kappa shape index (κ1) is 25.6. The van der Waals surface area contributed by atoms with Crippen molar-refractivity contribution in [2.45, 2.75) is 71.5 Å². The van der Waals surface area contributed by atoms with Crippen LogP contribution in [0.1, 0.15) is 70.1 Å². The standard InChI is InChI=1S/C29H31N3O3S/c1-18(2)34-25-13-12-19(14-21(25)15-30)27-31-17-26(36-27)24-11-7-9-22-20(8-6-10-23(22)24)16-32-28(33)35-29(3,4)5/h7,9,11-14,16-18,20H,6,8,10H2,1-5H3. The Morgan fingerprint density at radius 2 is 2.08 bits per heavy atom. The number of ether oxygens (including phenoxy) is 2. The van der Waals surface area contributed by atoms with E-state index in [9.17, 15) is 10.1 Å². The van der Waals surface area contributed by atoms with Crippen LogP contribution in [-0.2, 0) is 11.2 Å². The van der Waals surface area contributed by atoms with Crippen LogP contribution in [0.5, 0.6) is 5.75 Å². The molecule has 0 radical (unpaired) electrons. The number of hydrogen-bond donors (Lipinski definition) is 0. The topological polar surface area (TPSA) is 84.6 Å². The molecule has 0 bridgehead atoms. The summed E-state index contributed by atoms with van der Waals surface area (Å²) < 4.78 is 11.1. The number of rotatable bonds is 5. The molecule has 1 aromatic heterocycles. The molecule has 0 spiro atoms. The lowest BCUT2D eigenvalue weighted by atomic mass is 9.81. The van der Waals surface area contributed by atoms with Gasteiger partial charge in [-0.3, -0.25) is 0 Å². The number of carbonyl (C=O) groups is 1. The molecular formula is C29H31N3O3S. The van der Waals surface area contributed by atoms with Crippen LogP contribution < -0.4 is 4.74 Å². The molecule has 1 heterocycles. The minimum atomic E-state index is -0.564. The molecule has 0 aliphatic heterocycles. The second-order valence-electron chi connectivity index (χ2n) is 10.1. The molecule has 0 fully saturated rings. The largest absolute Gasteiger partial charge is 0.490 e. The number of aliphatic imine (C=N–C) groups is 1. The Morgan fingerprint density at radius 3 is 2.81 bits per heavy atom. The second-order valence-corrected chi connectivity index (χ2v) is 11.2. The number of nitrogens with zero attached hydrogens (tertiary/aromatic N) is 3. The van der Waals surface area contributed by atoms with Crippen LogP contribution in [-0.4, -0.2) is 29.0 Å². The first-order valence-electron chi connectivity index (χ1n) is 12.2. The van der Waals surface area contributed by atoms with Crippen LogP contribution in [0.2, 0.25) is 0 Å². The normalized spacial score (nSPS) is 15.5. The van der Waals surface area contributed by atoms with Crippen LogP contribution in [0.15, 0.2) is 47.6 Å². The van der Waals surface area contributed by atoms with Crippen molar-refractivity contribution < 1.29 is 14.3 Å². The smallest absolute Gasteiger partial charge is 0.433 e. The molecule has 186 valence electrons. The number of nitriles is 1. The SMILES string of the molecule is CC(C)Oc1ccc(-c2ncc(-c3cccc4c3CCCC4C=NC(=O)OC(C)(C)C)s2)cc1C#N. The van der Waals surface area contributed by atoms with Crippen molar-refractivity contribution in [2.24, 2.45) is 4.99 Å². The van der Waals surface area contributed by atoms with E-state index in [4.69, 9.17) is 9.47 Å². The zero-order chi connectivity index (χ0) is 25.9. The predicted octanol–water partition coefficient (Wildman–Crippen LogP) is 7.56. The van der Waals surface area contributed by atoms with E-state index in [-0.39, 0.29) is 12.0 Å². The summed E-state index contributed by atoms with van der Waals surface area (Å²) in [4.78, 5) is 21.9. The molecule has 1 aliphatic carbocycles. The average Bonchev–Trinajstić information content (AvgIpc) is 3.31. The lowest BCUT2D eigenvalue weighted by Crippen LogP contribution is -2.22. The Bertz CT molecular complexity index is 1330. The van der Waals surface area contributed by atoms with Gasteiger partial charge in [-0.25, -0.2) is 9.78 Å². The molecular weight excluding hydrogens is 470 g/mol. The van der Waals surface area contributed by atoms with Crippen molar-refractivity contribution in [2.75, 3.05) is 0 Å². The predicted molar refractivity (Wildman–Crippen MR) is 144 cm³/mol. The fourth-order valence-corrected chi connectivity index (χ4v) is 5.31. The molecule has 1 atom stereocenters. The van der Waals surface area contributed by atoms with Crippen LogP contribution >= 0.6 is 11.3 Å². The van der Waals surface area contributed by atoms with Crippen LogP contribution in [0.3, 0.4) is 0 Å². The molecule has 0 saturated carbocycles. The minimum Gasteiger partial charge on any atom is -0.490 e. The summed E-state index contributed by atoms with van der Waals surface area (Å²) in [5.74, 6) is 0.657. The van der Waals surface area contributed by atoms with Crippen molar-refractivity contribution in [1.29, 1.82) is 5.26 Å². The fraction of sp³-hybridized carbons (Fsp3) is 0.379. The third-order valence-electron chi connectivity index (χ3n) is 5.79. The monoisotopic (exact) mass is 501 g/mol. The molecule has 2 aromatic carbocycles. The highest BCUT2D eigenvalue weighted by Crippen LogP contribution is 2.40. The first-order valence-corrected chi connectivity index (χ1v) is 13.0. The molecule has 1 aliphatic rings. The van der Waals surface area contributed by atoms with E-state index in [1.807, 2.05) is 59.0 Å². The Morgan fingerprint density at radius 1 is 1.28 bits per heavy atom. The van der Waals surface area contributed by atoms with Gasteiger partial charge in [-0.2, -0.15) is 10.3 Å². The number of carbonyl (C=O) groups excluding carboxylic acids is 1. The summed E-state index contributed by atoms with van der Waals surface area (Å²) in [6.45, 7) is 9.38. The van der Waals surface area contributed by atoms with Crippen LogP contribution in [0.25, 0.3) is 21.0 Å². The molecule has 36 heavy (non-hydrogen) atoms. The summed E-state index contributed by atoms with van der Waals surface area (Å²) in [5.41, 5.74) is 4.46. The average molecular weight is 502 g/mol. The quantitative estimate of drug-likeness (QED) is 0.337. The first-order chi connectivity index (χ1) is 17.1. The summed E-state index contributed by atoms with van der Waals surface area (Å²) in [6.07, 6.45) is 6.00. The van der Waals surface area contributed by atoms with Gasteiger partial charge in [-0.05, 0) is 88.8 Å². The van der Waals surface area contributed by atoms with E-state index in [0.29, 0.717) is 11.3 Å². The van der Waals surface area contributed by atoms with Gasteiger partial charge < -0.3 is 9.47 Å². The number of fused-ring (bicyclic) bond motifs is 1. The summed E-state index contributed by atoms with van der Waals surface area (Å²) in [5, 5.41) is 10.4. The Labute approximate surface area is 216 Å². The lowest BCUT2D eigenvalue weighted by Gasteiger charge is -2.24. The van der Waals surface area contributed by atoms with E-state index in [1.165, 1.54) is 11.1 Å². The Kier molecular flexibility index (Phi) is 7.56. The third kappa shape index (κ3) is 6.00. The lowest BCUT2D eigenvalue weighted by molar-refractivity contribution is 0.0604. The summed E-state index contributed by atoms with van der Waals surface area (Å²) >= 11 is 1.61. The molecule has 3 aromatic rings. The van der Waals surface area contributed by atoms with Crippen molar-refractivity contribution in [3.05, 3.63) is 59.3 Å². The van der Waals surface area contributed by atoms with Gasteiger partial charge in [-0.1, -0.05) is 18.2 Å². The number of thiazole rings is 1. The zero-order valence-corrected chi connectivity index (χ0v) is 22.2. The molecule has 1 amide bonds. The Balaban J connectivity index is 1.61. The highest BCUT2D eigenvalue weighted by Gasteiger charge is 2.23. The van der Waals surface area contributed by atoms with Gasteiger partial charge >= 0.3 is 6.09 Å². The van der Waals surface area contributed by atoms with Crippen LogP contribution in [0, 0.1) is 11.3 Å². The van der Waals surface area contributed by atoms with Crippen molar-refractivity contribution in [3.8, 4) is 32.8 Å². The van der Waals surface area contributed by atoms with Gasteiger partial charge in [0.15, 0.2) is 0 Å². The molecule has 1 unspecified atom stereocenters. The van der Waals surface area contributed by atoms with E-state index < -0.39 is 11.7 Å². The van der Waals surface area contributed by atoms with Crippen molar-refractivity contribution in [3.63, 3.8) is 0 Å². The van der Waals surface area contributed by atoms with Crippen molar-refractivity contribution in [1.82, 2.24) is 4.98 Å². The maximum atomic E-state index is 12.1. The molecule has 0 saturated heterocycles. The van der Waals surface area contributed by atoms with E-state index >= 15 is 0 Å². The molecule has 0 N–H and O–H groups in total. The minimum absolute atomic E-state index is 0.00307. The van der Waals surface area contributed by atoms with Gasteiger partial charge in [0.2, 0.25) is 0 Å². The van der Waals surface area contributed by atoms with Crippen molar-refractivity contribution >= 4 is 23.6 Å². The number of hydrogen-bond acceptors (Lipinski definition) is 6. The van der Waals surface area contributed by atoms with Crippen LogP contribution in [0.4, 0.5) is 4.79 Å². The van der Waals surface area contributed by atoms with Gasteiger partial charge in [0, 0.05) is 23.9 Å². The number of amides is 1. The highest BCUT2D eigenvalue weighted by molar-refractivity contribution is 7.18. The summed E-state index contributed by atoms with van der Waals surface area (Å²) in [6, 6.07) is 14.2. The molecule has 4 rings (SSSR count). The van der Waals surface area contributed by atoms with Gasteiger partial charge in [-0.15, -0.1) is 11.3 Å². The number of aromatic nitrogens is 1. The second kappa shape index (κ2) is 10.6. The maximum absolute atomic E-state index is 12.1. The van der Waals surface area contributed by atoms with Gasteiger partial charge in [0.25, 0.3) is 0 Å². The zero-order valence-electron chi connectivity index (χ0n) is 21.4. The van der Waals surface area contributed by atoms with E-state index in [2.05, 4.69) is 34.2 Å². The molecule has 6 nitrogen and oxygen atoms in total. The van der Waals surface area contributed by atoms with E-state index in [0.717, 1.165) is 40.3 Å². The Hall–Kier alpha value is -3.50. The van der Waals surface area contributed by atoms with Gasteiger partial charge in [0.05, 0.1) is 16.5 Å². The highest BCUT2D eigenvalue weighted by atomic mass is 32.1.